The normalized spacial score (nSPS) is 21.5. The summed E-state index contributed by atoms with van der Waals surface area (Å²) in [4.78, 5) is 16.3. The molecular weight excluding hydrogens is 250 g/mol. The minimum absolute atomic E-state index is 0.265. The number of nitrogens with zero attached hydrogens (tertiary/aromatic N) is 2. The third-order valence-electron chi connectivity index (χ3n) is 4.37. The lowest BCUT2D eigenvalue weighted by Crippen LogP contribution is -2.49. The molecule has 1 unspecified atom stereocenters. The highest BCUT2D eigenvalue weighted by molar-refractivity contribution is 5.78. The van der Waals surface area contributed by atoms with E-state index in [1.54, 1.807) is 0 Å². The van der Waals surface area contributed by atoms with Gasteiger partial charge in [0.15, 0.2) is 0 Å². The van der Waals surface area contributed by atoms with Crippen LogP contribution in [0.1, 0.15) is 17.0 Å². The molecule has 0 spiro atoms. The monoisotopic (exact) mass is 273 g/mol. The Balaban J connectivity index is 1.48. The SMILES string of the molecule is CN(CC(=O)N1CCNCC1)CC1Cc2ccccc21. The third-order valence-corrected chi connectivity index (χ3v) is 4.37. The lowest BCUT2D eigenvalue weighted by atomic mass is 9.77. The second kappa shape index (κ2) is 5.94. The van der Waals surface area contributed by atoms with E-state index in [9.17, 15) is 4.79 Å². The van der Waals surface area contributed by atoms with Gasteiger partial charge in [-0.2, -0.15) is 0 Å². The molecule has 1 fully saturated rings. The average molecular weight is 273 g/mol. The molecule has 108 valence electrons. The summed E-state index contributed by atoms with van der Waals surface area (Å²) in [6, 6.07) is 8.64. The van der Waals surface area contributed by atoms with Crippen LogP contribution in [0.5, 0.6) is 0 Å². The molecular formula is C16H23N3O. The molecule has 1 atom stereocenters. The van der Waals surface area contributed by atoms with E-state index in [1.165, 1.54) is 11.1 Å². The molecule has 0 aromatic heterocycles. The van der Waals surface area contributed by atoms with Gasteiger partial charge in [-0.25, -0.2) is 0 Å². The summed E-state index contributed by atoms with van der Waals surface area (Å²) in [5.74, 6) is 0.869. The molecule has 2 aliphatic rings. The molecule has 0 saturated carbocycles. The van der Waals surface area contributed by atoms with Crippen LogP contribution in [0.25, 0.3) is 0 Å². The van der Waals surface area contributed by atoms with Gasteiger partial charge in [-0.1, -0.05) is 24.3 Å². The Kier molecular flexibility index (Phi) is 4.03. The number of rotatable bonds is 4. The van der Waals surface area contributed by atoms with E-state index >= 15 is 0 Å². The zero-order chi connectivity index (χ0) is 13.9. The zero-order valence-corrected chi connectivity index (χ0v) is 12.1. The molecule has 20 heavy (non-hydrogen) atoms. The third kappa shape index (κ3) is 2.86. The van der Waals surface area contributed by atoms with Crippen LogP contribution in [0.2, 0.25) is 0 Å². The molecule has 1 aromatic rings. The standard InChI is InChI=1S/C16H23N3O/c1-18(12-16(20)19-8-6-17-7-9-19)11-14-10-13-4-2-3-5-15(13)14/h2-5,14,17H,6-12H2,1H3. The van der Waals surface area contributed by atoms with Crippen molar-refractivity contribution < 1.29 is 4.79 Å². The van der Waals surface area contributed by atoms with Crippen molar-refractivity contribution >= 4 is 5.91 Å². The van der Waals surface area contributed by atoms with E-state index in [1.807, 2.05) is 4.90 Å². The summed E-state index contributed by atoms with van der Waals surface area (Å²) in [5.41, 5.74) is 2.94. The Morgan fingerprint density at radius 2 is 2.10 bits per heavy atom. The van der Waals surface area contributed by atoms with E-state index in [0.29, 0.717) is 12.5 Å². The van der Waals surface area contributed by atoms with Crippen LogP contribution in [0.3, 0.4) is 0 Å². The zero-order valence-electron chi connectivity index (χ0n) is 12.1. The van der Waals surface area contributed by atoms with Gasteiger partial charge < -0.3 is 10.2 Å². The van der Waals surface area contributed by atoms with Gasteiger partial charge in [0.1, 0.15) is 0 Å². The topological polar surface area (TPSA) is 35.6 Å². The lowest BCUT2D eigenvalue weighted by molar-refractivity contribution is -0.132. The summed E-state index contributed by atoms with van der Waals surface area (Å²) in [6.45, 7) is 5.06. The summed E-state index contributed by atoms with van der Waals surface area (Å²) in [5, 5.41) is 3.28. The molecule has 0 bridgehead atoms. The molecule has 0 radical (unpaired) electrons. The van der Waals surface area contributed by atoms with Gasteiger partial charge in [-0.3, -0.25) is 9.69 Å². The molecule has 1 aliphatic carbocycles. The number of carbonyl (C=O) groups excluding carboxylic acids is 1. The van der Waals surface area contributed by atoms with Crippen LogP contribution < -0.4 is 5.32 Å². The van der Waals surface area contributed by atoms with Crippen molar-refractivity contribution in [2.24, 2.45) is 0 Å². The first kappa shape index (κ1) is 13.6. The quantitative estimate of drug-likeness (QED) is 0.877. The summed E-state index contributed by atoms with van der Waals surface area (Å²) >= 11 is 0. The number of nitrogens with one attached hydrogen (secondary N) is 1. The van der Waals surface area contributed by atoms with Crippen LogP contribution in [0.15, 0.2) is 24.3 Å². The highest BCUT2D eigenvalue weighted by Crippen LogP contribution is 2.34. The number of piperazine rings is 1. The predicted octanol–water partition coefficient (Wildman–Crippen LogP) is 0.690. The highest BCUT2D eigenvalue weighted by Gasteiger charge is 2.27. The maximum absolute atomic E-state index is 12.2. The van der Waals surface area contributed by atoms with Crippen LogP contribution >= 0.6 is 0 Å². The summed E-state index contributed by atoms with van der Waals surface area (Å²) < 4.78 is 0. The largest absolute Gasteiger partial charge is 0.339 e. The Morgan fingerprint density at radius 1 is 1.35 bits per heavy atom. The number of likely N-dealkylation sites (N-methyl/N-ethyl adjacent to an activating group) is 1. The molecule has 1 saturated heterocycles. The fraction of sp³-hybridized carbons (Fsp3) is 0.562. The Bertz CT molecular complexity index is 482. The van der Waals surface area contributed by atoms with Crippen molar-refractivity contribution in [3.63, 3.8) is 0 Å². The minimum Gasteiger partial charge on any atom is -0.339 e. The van der Waals surface area contributed by atoms with Crippen LogP contribution in [0.4, 0.5) is 0 Å². The van der Waals surface area contributed by atoms with Crippen molar-refractivity contribution in [1.82, 2.24) is 15.1 Å². The Hall–Kier alpha value is -1.39. The molecule has 4 heteroatoms. The fourth-order valence-corrected chi connectivity index (χ4v) is 3.21. The second-order valence-electron chi connectivity index (χ2n) is 5.93. The smallest absolute Gasteiger partial charge is 0.236 e. The first-order valence-corrected chi connectivity index (χ1v) is 7.49. The van der Waals surface area contributed by atoms with Gasteiger partial charge in [-0.05, 0) is 24.6 Å². The summed E-state index contributed by atoms with van der Waals surface area (Å²) in [6.07, 6.45) is 1.16. The number of benzene rings is 1. The minimum atomic E-state index is 0.265. The molecule has 1 aromatic carbocycles. The highest BCUT2D eigenvalue weighted by atomic mass is 16.2. The first-order chi connectivity index (χ1) is 9.74. The van der Waals surface area contributed by atoms with Crippen molar-refractivity contribution in [2.75, 3.05) is 46.3 Å². The van der Waals surface area contributed by atoms with Crippen molar-refractivity contribution in [3.05, 3.63) is 35.4 Å². The molecule has 1 aliphatic heterocycles. The van der Waals surface area contributed by atoms with Crippen LogP contribution in [-0.2, 0) is 11.2 Å². The fourth-order valence-electron chi connectivity index (χ4n) is 3.21. The molecule has 1 heterocycles. The molecule has 3 rings (SSSR count). The van der Waals surface area contributed by atoms with E-state index in [-0.39, 0.29) is 5.91 Å². The maximum Gasteiger partial charge on any atom is 0.236 e. The average Bonchev–Trinajstić information content (AvgIpc) is 2.46. The molecule has 1 amide bonds. The second-order valence-corrected chi connectivity index (χ2v) is 5.93. The van der Waals surface area contributed by atoms with Gasteiger partial charge >= 0.3 is 0 Å². The number of hydrogen-bond donors (Lipinski definition) is 1. The van der Waals surface area contributed by atoms with Gasteiger partial charge in [0.25, 0.3) is 0 Å². The van der Waals surface area contributed by atoms with Gasteiger partial charge in [-0.15, -0.1) is 0 Å². The van der Waals surface area contributed by atoms with Gasteiger partial charge in [0, 0.05) is 38.6 Å². The maximum atomic E-state index is 12.2. The van der Waals surface area contributed by atoms with Crippen molar-refractivity contribution in [1.29, 1.82) is 0 Å². The number of fused-ring (bicyclic) bond motifs is 1. The molecule has 1 N–H and O–H groups in total. The first-order valence-electron chi connectivity index (χ1n) is 7.49. The lowest BCUT2D eigenvalue weighted by Gasteiger charge is -2.34. The van der Waals surface area contributed by atoms with E-state index in [4.69, 9.17) is 0 Å². The van der Waals surface area contributed by atoms with Crippen molar-refractivity contribution in [3.8, 4) is 0 Å². The number of amides is 1. The van der Waals surface area contributed by atoms with Gasteiger partial charge in [0.2, 0.25) is 5.91 Å². The van der Waals surface area contributed by atoms with Crippen LogP contribution in [-0.4, -0.2) is 62.0 Å². The number of carbonyl (C=O) groups is 1. The van der Waals surface area contributed by atoms with E-state index < -0.39 is 0 Å². The summed E-state index contributed by atoms with van der Waals surface area (Å²) in [7, 11) is 2.06. The van der Waals surface area contributed by atoms with E-state index in [2.05, 4.69) is 41.5 Å². The molecule has 4 nitrogen and oxygen atoms in total. The van der Waals surface area contributed by atoms with Crippen molar-refractivity contribution in [2.45, 2.75) is 12.3 Å². The van der Waals surface area contributed by atoms with Crippen LogP contribution in [0, 0.1) is 0 Å². The Morgan fingerprint density at radius 3 is 2.85 bits per heavy atom. The predicted molar refractivity (Wildman–Crippen MR) is 79.8 cm³/mol. The number of hydrogen-bond acceptors (Lipinski definition) is 3. The van der Waals surface area contributed by atoms with Gasteiger partial charge in [0.05, 0.1) is 6.54 Å². The Labute approximate surface area is 120 Å². The van der Waals surface area contributed by atoms with E-state index in [0.717, 1.165) is 39.1 Å².